The standard InChI is InChI=1S/C8H8ClNO3S.C8H9NO/c1-5(11)7-4-6(14(9,12)13)2-3-8(7)10;1-7(10)9-8-5-3-2-4-6-8/h2-4H,10H2,1H3;2-6H,1H3,(H,9,10). The zero-order valence-electron chi connectivity index (χ0n) is 13.1. The molecule has 0 aliphatic heterocycles. The Bertz CT molecular complexity index is 836. The van der Waals surface area contributed by atoms with Crippen LogP contribution < -0.4 is 11.1 Å². The van der Waals surface area contributed by atoms with Crippen molar-refractivity contribution in [3.05, 3.63) is 54.1 Å². The lowest BCUT2D eigenvalue weighted by Crippen LogP contribution is -2.04. The largest absolute Gasteiger partial charge is 0.398 e. The van der Waals surface area contributed by atoms with E-state index < -0.39 is 9.05 Å². The van der Waals surface area contributed by atoms with E-state index in [9.17, 15) is 18.0 Å². The molecule has 8 heteroatoms. The fourth-order valence-electron chi connectivity index (χ4n) is 1.72. The molecule has 2 aromatic rings. The first kappa shape index (κ1) is 19.7. The van der Waals surface area contributed by atoms with Gasteiger partial charge >= 0.3 is 0 Å². The zero-order valence-corrected chi connectivity index (χ0v) is 14.7. The predicted molar refractivity (Wildman–Crippen MR) is 94.6 cm³/mol. The van der Waals surface area contributed by atoms with Crippen molar-refractivity contribution in [3.8, 4) is 0 Å². The van der Waals surface area contributed by atoms with Crippen LogP contribution in [0.15, 0.2) is 53.4 Å². The summed E-state index contributed by atoms with van der Waals surface area (Å²) in [6.07, 6.45) is 0. The van der Waals surface area contributed by atoms with Crippen LogP contribution in [0.2, 0.25) is 0 Å². The van der Waals surface area contributed by atoms with Gasteiger partial charge in [0.25, 0.3) is 9.05 Å². The first-order valence-electron chi connectivity index (χ1n) is 6.79. The van der Waals surface area contributed by atoms with Crippen LogP contribution in [-0.2, 0) is 13.8 Å². The van der Waals surface area contributed by atoms with Crippen LogP contribution in [-0.4, -0.2) is 20.1 Å². The highest BCUT2D eigenvalue weighted by molar-refractivity contribution is 8.13. The molecule has 0 unspecified atom stereocenters. The van der Waals surface area contributed by atoms with Crippen molar-refractivity contribution in [1.82, 2.24) is 0 Å². The van der Waals surface area contributed by atoms with E-state index in [4.69, 9.17) is 16.4 Å². The number of ketones is 1. The molecule has 0 saturated heterocycles. The lowest BCUT2D eigenvalue weighted by molar-refractivity contribution is -0.114. The van der Waals surface area contributed by atoms with Gasteiger partial charge in [0.2, 0.25) is 5.91 Å². The summed E-state index contributed by atoms with van der Waals surface area (Å²) in [5.74, 6) is -0.337. The van der Waals surface area contributed by atoms with Crippen molar-refractivity contribution in [3.63, 3.8) is 0 Å². The summed E-state index contributed by atoms with van der Waals surface area (Å²) in [7, 11) is 1.30. The maximum absolute atomic E-state index is 11.0. The normalized spacial score (nSPS) is 10.3. The molecule has 0 aromatic heterocycles. The second-order valence-electron chi connectivity index (χ2n) is 4.79. The van der Waals surface area contributed by atoms with Gasteiger partial charge in [-0.1, -0.05) is 18.2 Å². The molecule has 24 heavy (non-hydrogen) atoms. The summed E-state index contributed by atoms with van der Waals surface area (Å²) in [5.41, 5.74) is 6.71. The zero-order chi connectivity index (χ0) is 18.3. The minimum absolute atomic E-state index is 0.0359. The topological polar surface area (TPSA) is 106 Å². The Morgan fingerprint density at radius 2 is 1.62 bits per heavy atom. The van der Waals surface area contributed by atoms with E-state index in [1.807, 2.05) is 30.3 Å². The van der Waals surface area contributed by atoms with Crippen LogP contribution in [0, 0.1) is 0 Å². The Morgan fingerprint density at radius 3 is 2.08 bits per heavy atom. The Morgan fingerprint density at radius 1 is 1.04 bits per heavy atom. The molecule has 6 nitrogen and oxygen atoms in total. The summed E-state index contributed by atoms with van der Waals surface area (Å²) in [6, 6.07) is 13.1. The molecule has 1 amide bonds. The first-order valence-corrected chi connectivity index (χ1v) is 9.10. The SMILES string of the molecule is CC(=O)Nc1ccccc1.CC(=O)c1cc(S(=O)(=O)Cl)ccc1N. The van der Waals surface area contributed by atoms with Gasteiger partial charge in [-0.2, -0.15) is 0 Å². The highest BCUT2D eigenvalue weighted by Crippen LogP contribution is 2.21. The number of para-hydroxylation sites is 1. The van der Waals surface area contributed by atoms with E-state index >= 15 is 0 Å². The average molecular weight is 369 g/mol. The second-order valence-corrected chi connectivity index (χ2v) is 7.36. The number of rotatable bonds is 3. The summed E-state index contributed by atoms with van der Waals surface area (Å²) in [5, 5.41) is 2.67. The van der Waals surface area contributed by atoms with E-state index in [-0.39, 0.29) is 27.8 Å². The summed E-state index contributed by atoms with van der Waals surface area (Å²) < 4.78 is 21.9. The van der Waals surface area contributed by atoms with Crippen molar-refractivity contribution in [1.29, 1.82) is 0 Å². The maximum Gasteiger partial charge on any atom is 0.261 e. The molecular formula is C16H17ClN2O4S. The Kier molecular flexibility index (Phi) is 6.94. The fourth-order valence-corrected chi connectivity index (χ4v) is 2.49. The van der Waals surface area contributed by atoms with Gasteiger partial charge in [-0.25, -0.2) is 8.42 Å². The van der Waals surface area contributed by atoms with Crippen LogP contribution in [0.3, 0.4) is 0 Å². The number of hydrogen-bond donors (Lipinski definition) is 2. The molecule has 2 rings (SSSR count). The number of carbonyl (C=O) groups excluding carboxylic acids is 2. The second kappa shape index (κ2) is 8.47. The smallest absolute Gasteiger partial charge is 0.261 e. The summed E-state index contributed by atoms with van der Waals surface area (Å²) >= 11 is 0. The number of amides is 1. The molecule has 3 N–H and O–H groups in total. The van der Waals surface area contributed by atoms with E-state index in [1.54, 1.807) is 0 Å². The number of nitrogens with two attached hydrogens (primary N) is 1. The van der Waals surface area contributed by atoms with E-state index in [0.29, 0.717) is 0 Å². The Hall–Kier alpha value is -2.38. The van der Waals surface area contributed by atoms with Gasteiger partial charge in [0.05, 0.1) is 4.90 Å². The lowest BCUT2D eigenvalue weighted by Gasteiger charge is -2.03. The maximum atomic E-state index is 11.0. The third-order valence-corrected chi connectivity index (χ3v) is 4.13. The quantitative estimate of drug-likeness (QED) is 0.492. The number of carbonyl (C=O) groups is 2. The molecule has 0 heterocycles. The number of anilines is 2. The number of Topliss-reactive ketones (excluding diaryl/α,β-unsaturated/α-hetero) is 1. The van der Waals surface area contributed by atoms with Crippen LogP contribution in [0.25, 0.3) is 0 Å². The number of nitrogens with one attached hydrogen (secondary N) is 1. The highest BCUT2D eigenvalue weighted by Gasteiger charge is 2.13. The molecule has 0 bridgehead atoms. The molecule has 0 spiro atoms. The van der Waals surface area contributed by atoms with Crippen molar-refractivity contribution in [2.75, 3.05) is 11.1 Å². The first-order chi connectivity index (χ1) is 11.1. The average Bonchev–Trinajstić information content (AvgIpc) is 2.47. The summed E-state index contributed by atoms with van der Waals surface area (Å²) in [6.45, 7) is 2.79. The molecule has 0 saturated carbocycles. The number of hydrogen-bond acceptors (Lipinski definition) is 5. The molecule has 0 radical (unpaired) electrons. The third kappa shape index (κ3) is 6.39. The van der Waals surface area contributed by atoms with Crippen molar-refractivity contribution < 1.29 is 18.0 Å². The molecule has 0 atom stereocenters. The van der Waals surface area contributed by atoms with Crippen molar-refractivity contribution >= 4 is 42.8 Å². The van der Waals surface area contributed by atoms with Gasteiger partial charge in [0.15, 0.2) is 5.78 Å². The van der Waals surface area contributed by atoms with Crippen LogP contribution in [0.4, 0.5) is 11.4 Å². The van der Waals surface area contributed by atoms with Gasteiger partial charge in [0.1, 0.15) is 0 Å². The number of nitrogen functional groups attached to an aromatic ring is 1. The third-order valence-electron chi connectivity index (χ3n) is 2.78. The van der Waals surface area contributed by atoms with Crippen molar-refractivity contribution in [2.24, 2.45) is 0 Å². The lowest BCUT2D eigenvalue weighted by atomic mass is 10.1. The molecule has 128 valence electrons. The van der Waals surface area contributed by atoms with E-state index in [1.165, 1.54) is 32.0 Å². The van der Waals surface area contributed by atoms with Gasteiger partial charge in [0, 0.05) is 34.5 Å². The van der Waals surface area contributed by atoms with Gasteiger partial charge < -0.3 is 11.1 Å². The molecular weight excluding hydrogens is 352 g/mol. The van der Waals surface area contributed by atoms with Gasteiger partial charge in [-0.15, -0.1) is 0 Å². The van der Waals surface area contributed by atoms with Gasteiger partial charge in [-0.05, 0) is 37.3 Å². The minimum Gasteiger partial charge on any atom is -0.398 e. The summed E-state index contributed by atoms with van der Waals surface area (Å²) in [4.78, 5) is 21.4. The number of benzene rings is 2. The van der Waals surface area contributed by atoms with Crippen LogP contribution in [0.5, 0.6) is 0 Å². The molecule has 0 aliphatic rings. The minimum atomic E-state index is -3.81. The van der Waals surface area contributed by atoms with E-state index in [2.05, 4.69) is 5.32 Å². The number of halogens is 1. The van der Waals surface area contributed by atoms with Crippen LogP contribution in [0.1, 0.15) is 24.2 Å². The van der Waals surface area contributed by atoms with Gasteiger partial charge in [-0.3, -0.25) is 9.59 Å². The molecule has 0 fully saturated rings. The van der Waals surface area contributed by atoms with Crippen LogP contribution >= 0.6 is 10.7 Å². The highest BCUT2D eigenvalue weighted by atomic mass is 35.7. The predicted octanol–water partition coefficient (Wildman–Crippen LogP) is 3.04. The molecule has 0 aliphatic carbocycles. The Labute approximate surface area is 145 Å². The monoisotopic (exact) mass is 368 g/mol. The Balaban J connectivity index is 0.000000254. The van der Waals surface area contributed by atoms with Crippen molar-refractivity contribution in [2.45, 2.75) is 18.7 Å². The fraction of sp³-hybridized carbons (Fsp3) is 0.125. The molecule has 2 aromatic carbocycles. The van der Waals surface area contributed by atoms with E-state index in [0.717, 1.165) is 5.69 Å².